The lowest BCUT2D eigenvalue weighted by atomic mass is 10.0. The molecule has 2 aliphatic heterocycles. The summed E-state index contributed by atoms with van der Waals surface area (Å²) in [5.74, 6) is 2.62. The van der Waals surface area contributed by atoms with E-state index in [9.17, 15) is 4.79 Å². The lowest BCUT2D eigenvalue weighted by Gasteiger charge is -2.40. The van der Waals surface area contributed by atoms with E-state index in [4.69, 9.17) is 11.6 Å². The number of nitrogens with zero attached hydrogens (tertiary/aromatic N) is 2. The van der Waals surface area contributed by atoms with Crippen molar-refractivity contribution in [3.8, 4) is 0 Å². The normalized spacial score (nSPS) is 25.9. The molecule has 17 heavy (non-hydrogen) atoms. The zero-order chi connectivity index (χ0) is 12.3. The molecule has 0 spiro atoms. The molecule has 2 rings (SSSR count). The molecule has 2 fully saturated rings. The fourth-order valence-corrected chi connectivity index (χ4v) is 3.71. The van der Waals surface area contributed by atoms with Crippen molar-refractivity contribution < 1.29 is 4.79 Å². The number of amides is 1. The minimum atomic E-state index is -0.377. The van der Waals surface area contributed by atoms with Crippen LogP contribution in [0.4, 0.5) is 0 Å². The van der Waals surface area contributed by atoms with E-state index < -0.39 is 0 Å². The van der Waals surface area contributed by atoms with E-state index in [0.717, 1.165) is 25.9 Å². The van der Waals surface area contributed by atoms with Gasteiger partial charge in [-0.2, -0.15) is 11.8 Å². The number of carbonyl (C=O) groups is 1. The zero-order valence-corrected chi connectivity index (χ0v) is 12.0. The molecule has 0 aromatic carbocycles. The molecule has 5 heteroatoms. The predicted molar refractivity (Wildman–Crippen MR) is 73.8 cm³/mol. The van der Waals surface area contributed by atoms with Crippen LogP contribution in [0.25, 0.3) is 0 Å². The van der Waals surface area contributed by atoms with Gasteiger partial charge in [-0.15, -0.1) is 11.6 Å². The van der Waals surface area contributed by atoms with Gasteiger partial charge in [-0.05, 0) is 19.8 Å². The van der Waals surface area contributed by atoms with Crippen molar-refractivity contribution in [1.82, 2.24) is 9.80 Å². The smallest absolute Gasteiger partial charge is 0.240 e. The van der Waals surface area contributed by atoms with Gasteiger partial charge in [-0.3, -0.25) is 9.69 Å². The van der Waals surface area contributed by atoms with E-state index in [0.29, 0.717) is 6.04 Å². The van der Waals surface area contributed by atoms with Gasteiger partial charge in [0.2, 0.25) is 5.91 Å². The largest absolute Gasteiger partial charge is 0.341 e. The first-order valence-corrected chi connectivity index (χ1v) is 8.02. The molecule has 0 bridgehead atoms. The van der Waals surface area contributed by atoms with Crippen molar-refractivity contribution in [2.24, 2.45) is 0 Å². The molecular weight excluding hydrogens is 256 g/mol. The van der Waals surface area contributed by atoms with Crippen molar-refractivity contribution in [1.29, 1.82) is 0 Å². The van der Waals surface area contributed by atoms with E-state index in [2.05, 4.69) is 4.90 Å². The van der Waals surface area contributed by atoms with Gasteiger partial charge in [0.15, 0.2) is 0 Å². The molecule has 1 amide bonds. The van der Waals surface area contributed by atoms with Crippen LogP contribution in [0.1, 0.15) is 19.8 Å². The van der Waals surface area contributed by atoms with Crippen LogP contribution >= 0.6 is 23.4 Å². The standard InChI is InChI=1S/C12H21ClN2OS/c1-10(13)12(16)15-4-2-11(3-5-15)14-6-8-17-9-7-14/h10-11H,2-9H2,1H3/t10-/m1/s1. The summed E-state index contributed by atoms with van der Waals surface area (Å²) in [7, 11) is 0. The molecule has 0 aromatic heterocycles. The Morgan fingerprint density at radius 1 is 1.24 bits per heavy atom. The Bertz CT molecular complexity index is 261. The number of piperidine rings is 1. The van der Waals surface area contributed by atoms with Crippen LogP contribution in [0.3, 0.4) is 0 Å². The predicted octanol–water partition coefficient (Wildman–Crippen LogP) is 1.65. The minimum absolute atomic E-state index is 0.0966. The molecule has 0 radical (unpaired) electrons. The Morgan fingerprint density at radius 3 is 2.35 bits per heavy atom. The van der Waals surface area contributed by atoms with Gasteiger partial charge in [-0.25, -0.2) is 0 Å². The van der Waals surface area contributed by atoms with Gasteiger partial charge in [0.1, 0.15) is 5.38 Å². The third-order valence-corrected chi connectivity index (χ3v) is 4.81. The third kappa shape index (κ3) is 3.52. The SMILES string of the molecule is C[C@@H](Cl)C(=O)N1CCC(N2CCSCC2)CC1. The number of thioether (sulfide) groups is 1. The van der Waals surface area contributed by atoms with Gasteiger partial charge < -0.3 is 4.90 Å². The maximum atomic E-state index is 11.8. The molecule has 3 nitrogen and oxygen atoms in total. The van der Waals surface area contributed by atoms with Gasteiger partial charge in [-0.1, -0.05) is 0 Å². The van der Waals surface area contributed by atoms with Crippen LogP contribution in [0, 0.1) is 0 Å². The summed E-state index contributed by atoms with van der Waals surface area (Å²) in [6.07, 6.45) is 2.22. The summed E-state index contributed by atoms with van der Waals surface area (Å²) in [6.45, 7) is 5.95. The summed E-state index contributed by atoms with van der Waals surface area (Å²) >= 11 is 7.89. The molecule has 0 unspecified atom stereocenters. The van der Waals surface area contributed by atoms with Gasteiger partial charge in [0.25, 0.3) is 0 Å². The molecule has 0 N–H and O–H groups in total. The first kappa shape index (κ1) is 13.5. The van der Waals surface area contributed by atoms with Gasteiger partial charge >= 0.3 is 0 Å². The van der Waals surface area contributed by atoms with Crippen molar-refractivity contribution in [2.75, 3.05) is 37.7 Å². The second-order valence-electron chi connectivity index (χ2n) is 4.82. The molecule has 1 atom stereocenters. The van der Waals surface area contributed by atoms with Crippen molar-refractivity contribution in [3.63, 3.8) is 0 Å². The van der Waals surface area contributed by atoms with Crippen molar-refractivity contribution >= 4 is 29.3 Å². The molecule has 98 valence electrons. The topological polar surface area (TPSA) is 23.6 Å². The van der Waals surface area contributed by atoms with Crippen LogP contribution in [0.5, 0.6) is 0 Å². The summed E-state index contributed by atoms with van der Waals surface area (Å²) in [5.41, 5.74) is 0. The van der Waals surface area contributed by atoms with E-state index in [1.807, 2.05) is 16.7 Å². The highest BCUT2D eigenvalue weighted by molar-refractivity contribution is 7.99. The van der Waals surface area contributed by atoms with Crippen LogP contribution in [0.15, 0.2) is 0 Å². The number of halogens is 1. The highest BCUT2D eigenvalue weighted by Gasteiger charge is 2.28. The Kier molecular flexibility index (Phi) is 5.00. The van der Waals surface area contributed by atoms with Gasteiger partial charge in [0.05, 0.1) is 0 Å². The molecule has 0 aromatic rings. The van der Waals surface area contributed by atoms with Crippen LogP contribution in [-0.2, 0) is 4.79 Å². The summed E-state index contributed by atoms with van der Waals surface area (Å²) in [6, 6.07) is 0.686. The highest BCUT2D eigenvalue weighted by atomic mass is 35.5. The number of alkyl halides is 1. The second kappa shape index (κ2) is 6.30. The zero-order valence-electron chi connectivity index (χ0n) is 10.4. The molecular formula is C12H21ClN2OS. The fourth-order valence-electron chi connectivity index (χ4n) is 2.65. The Hall–Kier alpha value is 0.0700. The van der Waals surface area contributed by atoms with E-state index in [1.165, 1.54) is 24.6 Å². The van der Waals surface area contributed by atoms with Gasteiger partial charge in [0, 0.05) is 43.7 Å². The Morgan fingerprint density at radius 2 is 1.82 bits per heavy atom. The average molecular weight is 277 g/mol. The molecule has 2 heterocycles. The number of likely N-dealkylation sites (tertiary alicyclic amines) is 1. The van der Waals surface area contributed by atoms with Crippen LogP contribution in [0.2, 0.25) is 0 Å². The maximum absolute atomic E-state index is 11.8. The molecule has 0 saturated carbocycles. The summed E-state index contributed by atoms with van der Waals surface area (Å²) in [4.78, 5) is 16.3. The number of rotatable bonds is 2. The van der Waals surface area contributed by atoms with Crippen LogP contribution < -0.4 is 0 Å². The maximum Gasteiger partial charge on any atom is 0.240 e. The second-order valence-corrected chi connectivity index (χ2v) is 6.70. The quantitative estimate of drug-likeness (QED) is 0.717. The van der Waals surface area contributed by atoms with E-state index >= 15 is 0 Å². The van der Waals surface area contributed by atoms with Crippen molar-refractivity contribution in [2.45, 2.75) is 31.2 Å². The average Bonchev–Trinajstić information content (AvgIpc) is 2.39. The summed E-state index contributed by atoms with van der Waals surface area (Å²) in [5, 5.41) is -0.377. The lowest BCUT2D eigenvalue weighted by molar-refractivity contribution is -0.132. The number of hydrogen-bond donors (Lipinski definition) is 0. The Labute approximate surface area is 113 Å². The third-order valence-electron chi connectivity index (χ3n) is 3.68. The first-order chi connectivity index (χ1) is 8.18. The Balaban J connectivity index is 1.79. The fraction of sp³-hybridized carbons (Fsp3) is 0.917. The van der Waals surface area contributed by atoms with E-state index in [1.54, 1.807) is 6.92 Å². The molecule has 2 saturated heterocycles. The monoisotopic (exact) mass is 276 g/mol. The van der Waals surface area contributed by atoms with Crippen LogP contribution in [-0.4, -0.2) is 64.8 Å². The number of carbonyl (C=O) groups excluding carboxylic acids is 1. The minimum Gasteiger partial charge on any atom is -0.341 e. The van der Waals surface area contributed by atoms with E-state index in [-0.39, 0.29) is 11.3 Å². The lowest BCUT2D eigenvalue weighted by Crippen LogP contribution is -2.50. The molecule has 0 aliphatic carbocycles. The highest BCUT2D eigenvalue weighted by Crippen LogP contribution is 2.21. The summed E-state index contributed by atoms with van der Waals surface area (Å²) < 4.78 is 0. The molecule has 2 aliphatic rings. The first-order valence-electron chi connectivity index (χ1n) is 6.43. The van der Waals surface area contributed by atoms with Crippen molar-refractivity contribution in [3.05, 3.63) is 0 Å². The number of hydrogen-bond acceptors (Lipinski definition) is 3.